The summed E-state index contributed by atoms with van der Waals surface area (Å²) in [5, 5.41) is 3.05. The summed E-state index contributed by atoms with van der Waals surface area (Å²) in [6.07, 6.45) is 0. The largest absolute Gasteiger partial charge is 0.497 e. The predicted molar refractivity (Wildman–Crippen MR) is 89.4 cm³/mol. The maximum Gasteiger partial charge on any atom is 0.322 e. The fraction of sp³-hybridized carbons (Fsp3) is 0.278. The molecule has 0 bridgehead atoms. The lowest BCUT2D eigenvalue weighted by Crippen LogP contribution is -2.47. The maximum absolute atomic E-state index is 12.4. The number of nitrogens with one attached hydrogen (secondary N) is 1. The highest BCUT2D eigenvalue weighted by atomic mass is 16.5. The lowest BCUT2D eigenvalue weighted by Gasteiger charge is -2.30. The van der Waals surface area contributed by atoms with Crippen molar-refractivity contribution < 1.29 is 9.53 Å². The number of ether oxygens (including phenoxy) is 1. The Bertz CT molecular complexity index is 621. The number of nitrogens with zero attached hydrogens (tertiary/aromatic N) is 1. The standard InChI is InChI=1S/C18H22N2O2/c1-18(2,14-10-12-16(22-4)13-11-14)19-17(21)20(3)15-8-6-5-7-9-15/h5-13H,1-4H3,(H,19,21). The summed E-state index contributed by atoms with van der Waals surface area (Å²) in [7, 11) is 3.39. The van der Waals surface area contributed by atoms with Gasteiger partial charge in [-0.2, -0.15) is 0 Å². The summed E-state index contributed by atoms with van der Waals surface area (Å²) in [6.45, 7) is 3.96. The zero-order valence-electron chi connectivity index (χ0n) is 13.5. The number of urea groups is 1. The first-order valence-electron chi connectivity index (χ1n) is 7.19. The van der Waals surface area contributed by atoms with Crippen LogP contribution < -0.4 is 15.0 Å². The van der Waals surface area contributed by atoms with Gasteiger partial charge in [0.1, 0.15) is 5.75 Å². The van der Waals surface area contributed by atoms with Crippen LogP contribution in [0.5, 0.6) is 5.75 Å². The first-order valence-corrected chi connectivity index (χ1v) is 7.19. The van der Waals surface area contributed by atoms with Crippen molar-refractivity contribution in [2.75, 3.05) is 19.1 Å². The second-order valence-corrected chi connectivity index (χ2v) is 5.68. The Kier molecular flexibility index (Phi) is 4.71. The summed E-state index contributed by atoms with van der Waals surface area (Å²) in [6, 6.07) is 17.1. The van der Waals surface area contributed by atoms with Gasteiger partial charge in [0.2, 0.25) is 0 Å². The number of anilines is 1. The highest BCUT2D eigenvalue weighted by molar-refractivity contribution is 5.91. The highest BCUT2D eigenvalue weighted by Crippen LogP contribution is 2.23. The molecule has 4 nitrogen and oxygen atoms in total. The van der Waals surface area contributed by atoms with Gasteiger partial charge in [0.15, 0.2) is 0 Å². The Labute approximate surface area is 131 Å². The minimum absolute atomic E-state index is 0.146. The van der Waals surface area contributed by atoms with Crippen LogP contribution in [0.3, 0.4) is 0 Å². The number of amides is 2. The van der Waals surface area contributed by atoms with E-state index in [4.69, 9.17) is 4.74 Å². The van der Waals surface area contributed by atoms with Crippen LogP contribution in [0.4, 0.5) is 10.5 Å². The molecule has 1 N–H and O–H groups in total. The molecule has 0 saturated carbocycles. The molecule has 0 atom stereocenters. The zero-order valence-corrected chi connectivity index (χ0v) is 13.5. The quantitative estimate of drug-likeness (QED) is 0.933. The second kappa shape index (κ2) is 6.52. The number of benzene rings is 2. The van der Waals surface area contributed by atoms with Crippen LogP contribution in [-0.2, 0) is 5.54 Å². The minimum atomic E-state index is -0.480. The molecule has 0 aromatic heterocycles. The third-order valence-corrected chi connectivity index (χ3v) is 3.68. The Morgan fingerprint density at radius 2 is 1.64 bits per heavy atom. The van der Waals surface area contributed by atoms with E-state index in [0.29, 0.717) is 0 Å². The predicted octanol–water partition coefficient (Wildman–Crippen LogP) is 3.78. The molecule has 2 rings (SSSR count). The van der Waals surface area contributed by atoms with Crippen LogP contribution >= 0.6 is 0 Å². The summed E-state index contributed by atoms with van der Waals surface area (Å²) in [5.41, 5.74) is 1.39. The van der Waals surface area contributed by atoms with E-state index >= 15 is 0 Å². The van der Waals surface area contributed by atoms with Crippen LogP contribution in [0, 0.1) is 0 Å². The molecule has 0 aliphatic heterocycles. The maximum atomic E-state index is 12.4. The Hall–Kier alpha value is -2.49. The normalized spacial score (nSPS) is 10.9. The van der Waals surface area contributed by atoms with Crippen molar-refractivity contribution in [2.45, 2.75) is 19.4 Å². The van der Waals surface area contributed by atoms with Gasteiger partial charge in [0, 0.05) is 12.7 Å². The lowest BCUT2D eigenvalue weighted by molar-refractivity contribution is 0.237. The number of hydrogen-bond donors (Lipinski definition) is 1. The van der Waals surface area contributed by atoms with Gasteiger partial charge < -0.3 is 10.1 Å². The van der Waals surface area contributed by atoms with Crippen molar-refractivity contribution in [2.24, 2.45) is 0 Å². The smallest absolute Gasteiger partial charge is 0.322 e. The van der Waals surface area contributed by atoms with Crippen molar-refractivity contribution in [1.82, 2.24) is 5.32 Å². The summed E-state index contributed by atoms with van der Waals surface area (Å²) < 4.78 is 5.16. The number of carbonyl (C=O) groups is 1. The molecular formula is C18H22N2O2. The van der Waals surface area contributed by atoms with Crippen LogP contribution in [0.2, 0.25) is 0 Å². The molecule has 2 amide bonds. The first kappa shape index (κ1) is 15.9. The third kappa shape index (κ3) is 3.58. The van der Waals surface area contributed by atoms with Crippen molar-refractivity contribution in [3.63, 3.8) is 0 Å². The second-order valence-electron chi connectivity index (χ2n) is 5.68. The van der Waals surface area contributed by atoms with E-state index in [9.17, 15) is 4.79 Å². The molecule has 0 saturated heterocycles. The fourth-order valence-corrected chi connectivity index (χ4v) is 2.20. The van der Waals surface area contributed by atoms with Crippen LogP contribution in [0.15, 0.2) is 54.6 Å². The molecule has 22 heavy (non-hydrogen) atoms. The Balaban J connectivity index is 2.11. The van der Waals surface area contributed by atoms with E-state index in [0.717, 1.165) is 17.0 Å². The molecule has 0 radical (unpaired) electrons. The molecule has 4 heteroatoms. The van der Waals surface area contributed by atoms with Crippen molar-refractivity contribution in [3.05, 3.63) is 60.2 Å². The van der Waals surface area contributed by atoms with E-state index in [1.54, 1.807) is 19.1 Å². The SMILES string of the molecule is COc1ccc(C(C)(C)NC(=O)N(C)c2ccccc2)cc1. The van der Waals surface area contributed by atoms with Gasteiger partial charge in [0.25, 0.3) is 0 Å². The van der Waals surface area contributed by atoms with E-state index in [2.05, 4.69) is 5.32 Å². The van der Waals surface area contributed by atoms with E-state index in [1.807, 2.05) is 68.4 Å². The van der Waals surface area contributed by atoms with E-state index < -0.39 is 5.54 Å². The number of carbonyl (C=O) groups excluding carboxylic acids is 1. The number of hydrogen-bond acceptors (Lipinski definition) is 2. The van der Waals surface area contributed by atoms with E-state index in [1.165, 1.54) is 0 Å². The highest BCUT2D eigenvalue weighted by Gasteiger charge is 2.24. The number of para-hydroxylation sites is 1. The molecular weight excluding hydrogens is 276 g/mol. The van der Waals surface area contributed by atoms with Crippen LogP contribution in [0.25, 0.3) is 0 Å². The van der Waals surface area contributed by atoms with E-state index in [-0.39, 0.29) is 6.03 Å². The van der Waals surface area contributed by atoms with Crippen molar-refractivity contribution >= 4 is 11.7 Å². The summed E-state index contributed by atoms with van der Waals surface area (Å²) in [5.74, 6) is 0.798. The molecule has 2 aromatic rings. The van der Waals surface area contributed by atoms with Gasteiger partial charge in [-0.15, -0.1) is 0 Å². The van der Waals surface area contributed by atoms with Gasteiger partial charge in [-0.3, -0.25) is 4.90 Å². The Morgan fingerprint density at radius 3 is 2.18 bits per heavy atom. The summed E-state index contributed by atoms with van der Waals surface area (Å²) >= 11 is 0. The molecule has 0 unspecified atom stereocenters. The summed E-state index contributed by atoms with van der Waals surface area (Å²) in [4.78, 5) is 14.0. The molecule has 2 aromatic carbocycles. The average molecular weight is 298 g/mol. The molecule has 0 fully saturated rings. The van der Waals surface area contributed by atoms with Crippen molar-refractivity contribution in [1.29, 1.82) is 0 Å². The van der Waals surface area contributed by atoms with Crippen molar-refractivity contribution in [3.8, 4) is 5.75 Å². The molecule has 0 aliphatic rings. The molecule has 116 valence electrons. The number of methoxy groups -OCH3 is 1. The van der Waals surface area contributed by atoms with Gasteiger partial charge >= 0.3 is 6.03 Å². The third-order valence-electron chi connectivity index (χ3n) is 3.68. The monoisotopic (exact) mass is 298 g/mol. The average Bonchev–Trinajstić information content (AvgIpc) is 2.54. The zero-order chi connectivity index (χ0) is 16.2. The Morgan fingerprint density at radius 1 is 1.05 bits per heavy atom. The fourth-order valence-electron chi connectivity index (χ4n) is 2.20. The topological polar surface area (TPSA) is 41.6 Å². The van der Waals surface area contributed by atoms with Gasteiger partial charge in [-0.05, 0) is 43.7 Å². The minimum Gasteiger partial charge on any atom is -0.497 e. The van der Waals surface area contributed by atoms with Crippen LogP contribution in [-0.4, -0.2) is 20.2 Å². The number of rotatable bonds is 4. The molecule has 0 heterocycles. The van der Waals surface area contributed by atoms with Gasteiger partial charge in [-0.25, -0.2) is 4.79 Å². The lowest BCUT2D eigenvalue weighted by atomic mass is 9.94. The van der Waals surface area contributed by atoms with Gasteiger partial charge in [-0.1, -0.05) is 30.3 Å². The van der Waals surface area contributed by atoms with Gasteiger partial charge in [0.05, 0.1) is 12.6 Å². The first-order chi connectivity index (χ1) is 10.4. The molecule has 0 aliphatic carbocycles. The molecule has 0 spiro atoms. The van der Waals surface area contributed by atoms with Crippen LogP contribution in [0.1, 0.15) is 19.4 Å².